The van der Waals surface area contributed by atoms with Crippen molar-refractivity contribution < 1.29 is 5.11 Å². The van der Waals surface area contributed by atoms with E-state index in [1.807, 2.05) is 42.5 Å². The first-order valence-electron chi connectivity index (χ1n) is 9.68. The number of hydrogen-bond donors (Lipinski definition) is 1. The van der Waals surface area contributed by atoms with Gasteiger partial charge in [-0.2, -0.15) is 0 Å². The molecule has 0 radical (unpaired) electrons. The summed E-state index contributed by atoms with van der Waals surface area (Å²) in [7, 11) is 0. The van der Waals surface area contributed by atoms with E-state index in [1.54, 1.807) is 10.8 Å². The molecule has 1 saturated heterocycles. The standard InChI is InChI=1S/C23H25N3O2/c27-22-20(11-12-26(23(22)28)17-19-7-3-1-4-8-19)18-24-13-15-25(16-14-24)21-9-5-2-6-10-21/h1-12,27H,13-18H2. The van der Waals surface area contributed by atoms with Crippen molar-refractivity contribution in [2.24, 2.45) is 0 Å². The normalized spacial score (nSPS) is 14.9. The second kappa shape index (κ2) is 8.31. The Morgan fingerprint density at radius 1 is 0.786 bits per heavy atom. The van der Waals surface area contributed by atoms with E-state index < -0.39 is 0 Å². The third-order valence-electron chi connectivity index (χ3n) is 5.31. The molecule has 1 aliphatic rings. The van der Waals surface area contributed by atoms with Crippen molar-refractivity contribution >= 4 is 5.69 Å². The molecule has 144 valence electrons. The molecule has 4 rings (SSSR count). The Morgan fingerprint density at radius 3 is 2.11 bits per heavy atom. The van der Waals surface area contributed by atoms with Gasteiger partial charge in [0.15, 0.2) is 5.75 Å². The van der Waals surface area contributed by atoms with Crippen molar-refractivity contribution in [1.82, 2.24) is 9.47 Å². The van der Waals surface area contributed by atoms with Gasteiger partial charge in [-0.25, -0.2) is 0 Å². The highest BCUT2D eigenvalue weighted by Gasteiger charge is 2.19. The fourth-order valence-electron chi connectivity index (χ4n) is 3.68. The summed E-state index contributed by atoms with van der Waals surface area (Å²) in [6, 6.07) is 22.1. The second-order valence-corrected chi connectivity index (χ2v) is 7.21. The van der Waals surface area contributed by atoms with E-state index in [0.717, 1.165) is 31.7 Å². The number of pyridine rings is 1. The minimum Gasteiger partial charge on any atom is -0.503 e. The maximum absolute atomic E-state index is 12.6. The molecule has 0 saturated carbocycles. The number of aromatic nitrogens is 1. The summed E-state index contributed by atoms with van der Waals surface area (Å²) in [6.45, 7) is 4.74. The maximum atomic E-state index is 12.6. The molecule has 0 aliphatic carbocycles. The van der Waals surface area contributed by atoms with Crippen LogP contribution in [0.5, 0.6) is 5.75 Å². The van der Waals surface area contributed by atoms with Gasteiger partial charge < -0.3 is 14.6 Å². The Hall–Kier alpha value is -3.05. The molecule has 0 spiro atoms. The molecular formula is C23H25N3O2. The molecule has 5 nitrogen and oxygen atoms in total. The quantitative estimate of drug-likeness (QED) is 0.745. The van der Waals surface area contributed by atoms with Crippen molar-refractivity contribution in [1.29, 1.82) is 0 Å². The van der Waals surface area contributed by atoms with Crippen molar-refractivity contribution in [3.8, 4) is 5.75 Å². The summed E-state index contributed by atoms with van der Waals surface area (Å²) < 4.78 is 1.56. The van der Waals surface area contributed by atoms with Crippen LogP contribution in [0.3, 0.4) is 0 Å². The van der Waals surface area contributed by atoms with Crippen molar-refractivity contribution in [2.45, 2.75) is 13.1 Å². The molecule has 0 bridgehead atoms. The van der Waals surface area contributed by atoms with Gasteiger partial charge in [-0.05, 0) is 23.8 Å². The molecule has 1 fully saturated rings. The fraction of sp³-hybridized carbons (Fsp3) is 0.261. The number of para-hydroxylation sites is 1. The predicted octanol–water partition coefficient (Wildman–Crippen LogP) is 2.92. The van der Waals surface area contributed by atoms with E-state index in [-0.39, 0.29) is 11.3 Å². The number of rotatable bonds is 5. The Balaban J connectivity index is 1.40. The molecule has 0 amide bonds. The lowest BCUT2D eigenvalue weighted by Crippen LogP contribution is -2.46. The fourth-order valence-corrected chi connectivity index (χ4v) is 3.68. The molecule has 1 aliphatic heterocycles. The zero-order valence-corrected chi connectivity index (χ0v) is 15.9. The lowest BCUT2D eigenvalue weighted by atomic mass is 10.2. The summed E-state index contributed by atoms with van der Waals surface area (Å²) in [6.07, 6.45) is 1.78. The molecule has 1 aromatic heterocycles. The van der Waals surface area contributed by atoms with Crippen LogP contribution in [0.4, 0.5) is 5.69 Å². The molecule has 0 atom stereocenters. The summed E-state index contributed by atoms with van der Waals surface area (Å²) in [5.74, 6) is -0.135. The second-order valence-electron chi connectivity index (χ2n) is 7.21. The lowest BCUT2D eigenvalue weighted by Gasteiger charge is -2.36. The summed E-state index contributed by atoms with van der Waals surface area (Å²) in [4.78, 5) is 17.2. The van der Waals surface area contributed by atoms with Gasteiger partial charge >= 0.3 is 0 Å². The highest BCUT2D eigenvalue weighted by Crippen LogP contribution is 2.19. The first kappa shape index (κ1) is 18.3. The predicted molar refractivity (Wildman–Crippen MR) is 112 cm³/mol. The van der Waals surface area contributed by atoms with Gasteiger partial charge in [0.05, 0.1) is 6.54 Å². The Kier molecular flexibility index (Phi) is 5.44. The van der Waals surface area contributed by atoms with Gasteiger partial charge in [-0.15, -0.1) is 0 Å². The van der Waals surface area contributed by atoms with Gasteiger partial charge in [-0.1, -0.05) is 48.5 Å². The van der Waals surface area contributed by atoms with Crippen LogP contribution in [0.25, 0.3) is 0 Å². The van der Waals surface area contributed by atoms with Gasteiger partial charge in [-0.3, -0.25) is 9.69 Å². The summed E-state index contributed by atoms with van der Waals surface area (Å²) in [5, 5.41) is 10.4. The first-order valence-corrected chi connectivity index (χ1v) is 9.68. The van der Waals surface area contributed by atoms with Crippen molar-refractivity contribution in [3.63, 3.8) is 0 Å². The molecule has 5 heteroatoms. The van der Waals surface area contributed by atoms with E-state index in [9.17, 15) is 9.90 Å². The van der Waals surface area contributed by atoms with Crippen LogP contribution < -0.4 is 10.5 Å². The number of nitrogens with zero attached hydrogens (tertiary/aromatic N) is 3. The smallest absolute Gasteiger partial charge is 0.293 e. The third kappa shape index (κ3) is 4.10. The van der Waals surface area contributed by atoms with Crippen LogP contribution in [0.15, 0.2) is 77.7 Å². The summed E-state index contributed by atoms with van der Waals surface area (Å²) in [5.41, 5.74) is 2.65. The third-order valence-corrected chi connectivity index (χ3v) is 5.31. The zero-order chi connectivity index (χ0) is 19.3. The zero-order valence-electron chi connectivity index (χ0n) is 15.9. The first-order chi connectivity index (χ1) is 13.7. The number of benzene rings is 2. The molecule has 0 unspecified atom stereocenters. The van der Waals surface area contributed by atoms with Gasteiger partial charge in [0.1, 0.15) is 0 Å². The van der Waals surface area contributed by atoms with E-state index in [1.165, 1.54) is 5.69 Å². The summed E-state index contributed by atoms with van der Waals surface area (Å²) >= 11 is 0. The molecular weight excluding hydrogens is 350 g/mol. The van der Waals surface area contributed by atoms with Gasteiger partial charge in [0, 0.05) is 50.2 Å². The Bertz CT molecular complexity index is 962. The topological polar surface area (TPSA) is 48.7 Å². The maximum Gasteiger partial charge on any atom is 0.293 e. The lowest BCUT2D eigenvalue weighted by molar-refractivity contribution is 0.246. The highest BCUT2D eigenvalue weighted by atomic mass is 16.3. The monoisotopic (exact) mass is 375 g/mol. The van der Waals surface area contributed by atoms with Gasteiger partial charge in [0.25, 0.3) is 5.56 Å². The molecule has 1 N–H and O–H groups in total. The van der Waals surface area contributed by atoms with E-state index in [0.29, 0.717) is 18.7 Å². The van der Waals surface area contributed by atoms with Crippen LogP contribution in [-0.2, 0) is 13.1 Å². The van der Waals surface area contributed by atoms with Crippen LogP contribution in [0.1, 0.15) is 11.1 Å². The number of anilines is 1. The van der Waals surface area contributed by atoms with Crippen LogP contribution >= 0.6 is 0 Å². The Morgan fingerprint density at radius 2 is 1.43 bits per heavy atom. The molecule has 2 heterocycles. The number of aromatic hydroxyl groups is 1. The van der Waals surface area contributed by atoms with E-state index in [2.05, 4.69) is 34.1 Å². The van der Waals surface area contributed by atoms with Crippen LogP contribution in [0, 0.1) is 0 Å². The molecule has 3 aromatic rings. The van der Waals surface area contributed by atoms with Crippen LogP contribution in [-0.4, -0.2) is 40.8 Å². The largest absolute Gasteiger partial charge is 0.503 e. The van der Waals surface area contributed by atoms with E-state index >= 15 is 0 Å². The van der Waals surface area contributed by atoms with Crippen molar-refractivity contribution in [2.75, 3.05) is 31.1 Å². The minimum atomic E-state index is -0.329. The minimum absolute atomic E-state index is 0.135. The highest BCUT2D eigenvalue weighted by molar-refractivity contribution is 5.46. The molecule has 2 aromatic carbocycles. The average Bonchev–Trinajstić information content (AvgIpc) is 2.75. The van der Waals surface area contributed by atoms with E-state index in [4.69, 9.17) is 0 Å². The molecule has 28 heavy (non-hydrogen) atoms. The SMILES string of the molecule is O=c1c(O)c(CN2CCN(c3ccccc3)CC2)ccn1Cc1ccccc1. The average molecular weight is 375 g/mol. The van der Waals surface area contributed by atoms with Gasteiger partial charge in [0.2, 0.25) is 0 Å². The van der Waals surface area contributed by atoms with Crippen molar-refractivity contribution in [3.05, 3.63) is 94.4 Å². The number of hydrogen-bond acceptors (Lipinski definition) is 4. The Labute approximate surface area is 165 Å². The number of piperazine rings is 1. The van der Waals surface area contributed by atoms with Crippen LogP contribution in [0.2, 0.25) is 0 Å².